The Labute approximate surface area is 103 Å². The van der Waals surface area contributed by atoms with E-state index in [1.54, 1.807) is 0 Å². The van der Waals surface area contributed by atoms with Crippen molar-refractivity contribution in [2.75, 3.05) is 6.54 Å². The zero-order chi connectivity index (χ0) is 12.5. The van der Waals surface area contributed by atoms with Crippen molar-refractivity contribution in [2.24, 2.45) is 5.73 Å². The van der Waals surface area contributed by atoms with E-state index in [0.29, 0.717) is 6.42 Å². The number of carbonyl (C=O) groups excluding carboxylic acids is 1. The number of nitrogens with two attached hydrogens (primary N) is 1. The summed E-state index contributed by atoms with van der Waals surface area (Å²) in [6, 6.07) is 9.41. The van der Waals surface area contributed by atoms with Crippen molar-refractivity contribution in [3.8, 4) is 0 Å². The van der Waals surface area contributed by atoms with E-state index in [9.17, 15) is 4.79 Å². The van der Waals surface area contributed by atoms with Crippen LogP contribution in [-0.4, -0.2) is 18.5 Å². The molecule has 1 atom stereocenters. The monoisotopic (exact) mass is 234 g/mol. The maximum atomic E-state index is 11.7. The Hall–Kier alpha value is -1.35. The van der Waals surface area contributed by atoms with Gasteiger partial charge >= 0.3 is 0 Å². The van der Waals surface area contributed by atoms with Gasteiger partial charge in [0.05, 0.1) is 6.04 Å². The highest BCUT2D eigenvalue weighted by Gasteiger charge is 2.12. The number of nitrogens with one attached hydrogen (secondary N) is 1. The quantitative estimate of drug-likeness (QED) is 0.708. The number of hydrogen-bond acceptors (Lipinski definition) is 2. The third-order valence-corrected chi connectivity index (χ3v) is 2.71. The van der Waals surface area contributed by atoms with Gasteiger partial charge < -0.3 is 11.1 Å². The lowest BCUT2D eigenvalue weighted by atomic mass is 10.1. The molecule has 17 heavy (non-hydrogen) atoms. The molecule has 0 aromatic heterocycles. The molecule has 94 valence electrons. The summed E-state index contributed by atoms with van der Waals surface area (Å²) in [6.07, 6.45) is 3.93. The van der Waals surface area contributed by atoms with Gasteiger partial charge in [-0.25, -0.2) is 0 Å². The van der Waals surface area contributed by atoms with Crippen LogP contribution >= 0.6 is 0 Å². The number of rotatable bonds is 7. The van der Waals surface area contributed by atoms with Crippen molar-refractivity contribution in [3.63, 3.8) is 0 Å². The van der Waals surface area contributed by atoms with E-state index >= 15 is 0 Å². The summed E-state index contributed by atoms with van der Waals surface area (Å²) < 4.78 is 0. The molecule has 0 aliphatic carbocycles. The number of amides is 1. The molecule has 0 fully saturated rings. The maximum absolute atomic E-state index is 11.7. The Balaban J connectivity index is 2.27. The van der Waals surface area contributed by atoms with E-state index in [4.69, 9.17) is 5.73 Å². The molecule has 1 amide bonds. The van der Waals surface area contributed by atoms with Crippen LogP contribution in [0.3, 0.4) is 0 Å². The van der Waals surface area contributed by atoms with Gasteiger partial charge in [0.15, 0.2) is 0 Å². The number of carbonyl (C=O) groups is 1. The van der Waals surface area contributed by atoms with Crippen LogP contribution < -0.4 is 11.1 Å². The van der Waals surface area contributed by atoms with Crippen molar-refractivity contribution in [1.82, 2.24) is 5.32 Å². The summed E-state index contributed by atoms with van der Waals surface area (Å²) in [5.41, 5.74) is 6.95. The highest BCUT2D eigenvalue weighted by molar-refractivity contribution is 5.81. The van der Waals surface area contributed by atoms with Crippen molar-refractivity contribution in [2.45, 2.75) is 38.6 Å². The first-order valence-corrected chi connectivity index (χ1v) is 6.31. The zero-order valence-corrected chi connectivity index (χ0v) is 10.5. The van der Waals surface area contributed by atoms with E-state index in [1.807, 2.05) is 30.3 Å². The van der Waals surface area contributed by atoms with Gasteiger partial charge in [0.1, 0.15) is 0 Å². The first-order valence-electron chi connectivity index (χ1n) is 6.31. The van der Waals surface area contributed by atoms with E-state index in [-0.39, 0.29) is 5.91 Å². The molecular formula is C14H22N2O. The van der Waals surface area contributed by atoms with Crippen molar-refractivity contribution < 1.29 is 4.79 Å². The summed E-state index contributed by atoms with van der Waals surface area (Å²) in [5, 5.41) is 2.87. The first kappa shape index (κ1) is 13.7. The number of hydrogen-bond donors (Lipinski definition) is 2. The highest BCUT2D eigenvalue weighted by atomic mass is 16.2. The lowest BCUT2D eigenvalue weighted by Gasteiger charge is -2.12. The predicted octanol–water partition coefficient (Wildman–Crippen LogP) is 1.86. The van der Waals surface area contributed by atoms with Gasteiger partial charge in [0.25, 0.3) is 0 Å². The molecule has 3 N–H and O–H groups in total. The Kier molecular flexibility index (Phi) is 6.33. The minimum atomic E-state index is -0.445. The largest absolute Gasteiger partial charge is 0.355 e. The van der Waals surface area contributed by atoms with Crippen LogP contribution in [0.25, 0.3) is 0 Å². The standard InChI is InChI=1S/C14H22N2O/c1-2-3-7-10-16-14(17)13(15)11-12-8-5-4-6-9-12/h4-6,8-9,13H,2-3,7,10-11,15H2,1H3,(H,16,17)/t13-/m0/s1. The molecule has 1 aromatic carbocycles. The molecule has 3 nitrogen and oxygen atoms in total. The number of benzene rings is 1. The van der Waals surface area contributed by atoms with Gasteiger partial charge in [-0.2, -0.15) is 0 Å². The average Bonchev–Trinajstić information content (AvgIpc) is 2.35. The molecule has 0 radical (unpaired) electrons. The molecule has 0 saturated heterocycles. The van der Waals surface area contributed by atoms with Gasteiger partial charge in [-0.1, -0.05) is 50.1 Å². The Morgan fingerprint density at radius 1 is 1.29 bits per heavy atom. The van der Waals surface area contributed by atoms with Gasteiger partial charge in [-0.05, 0) is 18.4 Å². The second kappa shape index (κ2) is 7.85. The van der Waals surface area contributed by atoms with Crippen LogP contribution in [0, 0.1) is 0 Å². The van der Waals surface area contributed by atoms with Crippen LogP contribution in [-0.2, 0) is 11.2 Å². The molecule has 0 saturated carbocycles. The summed E-state index contributed by atoms with van der Waals surface area (Å²) in [6.45, 7) is 2.87. The summed E-state index contributed by atoms with van der Waals surface area (Å²) >= 11 is 0. The van der Waals surface area contributed by atoms with Crippen LogP contribution in [0.2, 0.25) is 0 Å². The van der Waals surface area contributed by atoms with Gasteiger partial charge in [0.2, 0.25) is 5.91 Å². The van der Waals surface area contributed by atoms with Crippen molar-refractivity contribution in [1.29, 1.82) is 0 Å². The number of unbranched alkanes of at least 4 members (excludes halogenated alkanes) is 2. The molecule has 3 heteroatoms. The molecule has 1 rings (SSSR count). The minimum Gasteiger partial charge on any atom is -0.355 e. The van der Waals surface area contributed by atoms with Crippen molar-refractivity contribution in [3.05, 3.63) is 35.9 Å². The molecule has 0 aliphatic heterocycles. The summed E-state index contributed by atoms with van der Waals surface area (Å²) in [4.78, 5) is 11.7. The minimum absolute atomic E-state index is 0.0510. The second-order valence-corrected chi connectivity index (χ2v) is 4.29. The van der Waals surface area contributed by atoms with Crippen molar-refractivity contribution >= 4 is 5.91 Å². The third-order valence-electron chi connectivity index (χ3n) is 2.71. The first-order chi connectivity index (χ1) is 8.24. The highest BCUT2D eigenvalue weighted by Crippen LogP contribution is 2.02. The Bertz CT molecular complexity index is 324. The fourth-order valence-corrected chi connectivity index (χ4v) is 1.68. The molecule has 1 aromatic rings. The fourth-order valence-electron chi connectivity index (χ4n) is 1.68. The van der Waals surface area contributed by atoms with E-state index < -0.39 is 6.04 Å². The van der Waals surface area contributed by atoms with Gasteiger partial charge in [-0.15, -0.1) is 0 Å². The second-order valence-electron chi connectivity index (χ2n) is 4.29. The van der Waals surface area contributed by atoms with Crippen LogP contribution in [0.5, 0.6) is 0 Å². The smallest absolute Gasteiger partial charge is 0.237 e. The van der Waals surface area contributed by atoms with E-state index in [1.165, 1.54) is 0 Å². The van der Waals surface area contributed by atoms with Gasteiger partial charge in [0, 0.05) is 6.54 Å². The molecule has 0 bridgehead atoms. The maximum Gasteiger partial charge on any atom is 0.237 e. The molecule has 0 unspecified atom stereocenters. The lowest BCUT2D eigenvalue weighted by molar-refractivity contribution is -0.122. The summed E-state index contributed by atoms with van der Waals surface area (Å²) in [7, 11) is 0. The molecule has 0 spiro atoms. The normalized spacial score (nSPS) is 12.1. The third kappa shape index (κ3) is 5.50. The summed E-state index contributed by atoms with van der Waals surface area (Å²) in [5.74, 6) is -0.0510. The Morgan fingerprint density at radius 2 is 2.00 bits per heavy atom. The topological polar surface area (TPSA) is 55.1 Å². The van der Waals surface area contributed by atoms with Crippen LogP contribution in [0.4, 0.5) is 0 Å². The lowest BCUT2D eigenvalue weighted by Crippen LogP contribution is -2.42. The zero-order valence-electron chi connectivity index (χ0n) is 10.5. The molecule has 0 heterocycles. The SMILES string of the molecule is CCCCCNC(=O)[C@@H](N)Cc1ccccc1. The molecule has 0 aliphatic rings. The average molecular weight is 234 g/mol. The van der Waals surface area contributed by atoms with E-state index in [2.05, 4.69) is 12.2 Å². The van der Waals surface area contributed by atoms with Crippen LogP contribution in [0.15, 0.2) is 30.3 Å². The fraction of sp³-hybridized carbons (Fsp3) is 0.500. The Morgan fingerprint density at radius 3 is 2.65 bits per heavy atom. The van der Waals surface area contributed by atoms with Crippen LogP contribution in [0.1, 0.15) is 31.7 Å². The van der Waals surface area contributed by atoms with Gasteiger partial charge in [-0.3, -0.25) is 4.79 Å². The van der Waals surface area contributed by atoms with E-state index in [0.717, 1.165) is 31.4 Å². The predicted molar refractivity (Wildman–Crippen MR) is 70.7 cm³/mol. The molecular weight excluding hydrogens is 212 g/mol.